The molecule has 2 aromatic rings. The lowest BCUT2D eigenvalue weighted by atomic mass is 9.93. The Labute approximate surface area is 170 Å². The van der Waals surface area contributed by atoms with Crippen LogP contribution in [0.4, 0.5) is 0 Å². The number of piperidine rings is 1. The molecular formula is C23H26N2O4. The summed E-state index contributed by atoms with van der Waals surface area (Å²) < 4.78 is 0. The summed E-state index contributed by atoms with van der Waals surface area (Å²) in [4.78, 5) is 39.0. The van der Waals surface area contributed by atoms with Gasteiger partial charge in [-0.3, -0.25) is 9.59 Å². The average molecular weight is 394 g/mol. The number of hydrogen-bond donors (Lipinski definition) is 2. The molecule has 1 saturated heterocycles. The zero-order valence-electron chi connectivity index (χ0n) is 16.6. The van der Waals surface area contributed by atoms with Gasteiger partial charge in [0.25, 0.3) is 5.91 Å². The van der Waals surface area contributed by atoms with E-state index in [0.29, 0.717) is 36.3 Å². The van der Waals surface area contributed by atoms with Crippen molar-refractivity contribution in [2.75, 3.05) is 19.6 Å². The Hall–Kier alpha value is -3.15. The molecule has 1 atom stereocenters. The molecule has 1 aliphatic rings. The summed E-state index contributed by atoms with van der Waals surface area (Å²) in [6.07, 6.45) is 2.41. The highest BCUT2D eigenvalue weighted by Gasteiger charge is 2.30. The van der Waals surface area contributed by atoms with Crippen molar-refractivity contribution in [3.05, 3.63) is 59.7 Å². The van der Waals surface area contributed by atoms with E-state index in [9.17, 15) is 19.5 Å². The minimum Gasteiger partial charge on any atom is -0.478 e. The van der Waals surface area contributed by atoms with E-state index in [-0.39, 0.29) is 23.3 Å². The fourth-order valence-corrected chi connectivity index (χ4v) is 3.75. The molecule has 2 N–H and O–H groups in total. The van der Waals surface area contributed by atoms with Crippen LogP contribution in [0, 0.1) is 5.92 Å². The molecule has 2 amide bonds. The maximum absolute atomic E-state index is 13.3. The summed E-state index contributed by atoms with van der Waals surface area (Å²) in [6, 6.07) is 13.7. The highest BCUT2D eigenvalue weighted by Crippen LogP contribution is 2.29. The van der Waals surface area contributed by atoms with Crippen LogP contribution >= 0.6 is 0 Å². The van der Waals surface area contributed by atoms with Crippen molar-refractivity contribution in [3.8, 4) is 11.1 Å². The van der Waals surface area contributed by atoms with Crippen LogP contribution in [0.15, 0.2) is 48.5 Å². The van der Waals surface area contributed by atoms with Gasteiger partial charge in [0, 0.05) is 25.2 Å². The number of hydrogen-bond acceptors (Lipinski definition) is 3. The van der Waals surface area contributed by atoms with Gasteiger partial charge < -0.3 is 15.3 Å². The first kappa shape index (κ1) is 20.6. The lowest BCUT2D eigenvalue weighted by Gasteiger charge is -2.32. The first-order chi connectivity index (χ1) is 14.0. The van der Waals surface area contributed by atoms with E-state index in [2.05, 4.69) is 5.32 Å². The summed E-state index contributed by atoms with van der Waals surface area (Å²) in [5.74, 6) is -1.42. The Morgan fingerprint density at radius 2 is 1.66 bits per heavy atom. The van der Waals surface area contributed by atoms with Crippen molar-refractivity contribution in [2.24, 2.45) is 5.92 Å². The number of likely N-dealkylation sites (tertiary alicyclic amines) is 1. The van der Waals surface area contributed by atoms with E-state index in [1.54, 1.807) is 47.4 Å². The standard InChI is InChI=1S/C23H26N2O4/c1-2-13-24-21(26)16-8-7-14-25(15-16)22(27)19-11-5-3-9-17(19)18-10-4-6-12-20(18)23(28)29/h3-6,9-12,16H,2,7-8,13-15H2,1H3,(H,24,26)(H,28,29). The largest absolute Gasteiger partial charge is 0.478 e. The molecule has 1 unspecified atom stereocenters. The molecular weight excluding hydrogens is 368 g/mol. The summed E-state index contributed by atoms with van der Waals surface area (Å²) in [5.41, 5.74) is 1.71. The van der Waals surface area contributed by atoms with Gasteiger partial charge in [-0.1, -0.05) is 43.3 Å². The van der Waals surface area contributed by atoms with Crippen LogP contribution in [0.1, 0.15) is 46.9 Å². The second kappa shape index (κ2) is 9.37. The molecule has 6 heteroatoms. The highest BCUT2D eigenvalue weighted by molar-refractivity contribution is 6.04. The number of carboxylic acids is 1. The van der Waals surface area contributed by atoms with Gasteiger partial charge in [-0.2, -0.15) is 0 Å². The van der Waals surface area contributed by atoms with Gasteiger partial charge in [0.15, 0.2) is 0 Å². The van der Waals surface area contributed by atoms with Crippen LogP contribution < -0.4 is 5.32 Å². The van der Waals surface area contributed by atoms with Crippen molar-refractivity contribution < 1.29 is 19.5 Å². The third-order valence-electron chi connectivity index (χ3n) is 5.23. The molecule has 0 bridgehead atoms. The third-order valence-corrected chi connectivity index (χ3v) is 5.23. The number of aromatic carboxylic acids is 1. The second-order valence-electron chi connectivity index (χ2n) is 7.28. The number of amides is 2. The number of rotatable bonds is 6. The van der Waals surface area contributed by atoms with Crippen LogP contribution in [-0.2, 0) is 4.79 Å². The molecule has 2 aromatic carbocycles. The number of carbonyl (C=O) groups is 3. The number of nitrogens with one attached hydrogen (secondary N) is 1. The Morgan fingerprint density at radius 1 is 1.03 bits per heavy atom. The quantitative estimate of drug-likeness (QED) is 0.786. The highest BCUT2D eigenvalue weighted by atomic mass is 16.4. The first-order valence-corrected chi connectivity index (χ1v) is 10.0. The average Bonchev–Trinajstić information content (AvgIpc) is 2.77. The minimum absolute atomic E-state index is 0.00569. The van der Waals surface area contributed by atoms with Gasteiger partial charge in [-0.05, 0) is 42.5 Å². The molecule has 0 radical (unpaired) electrons. The molecule has 1 heterocycles. The van der Waals surface area contributed by atoms with Crippen molar-refractivity contribution in [1.82, 2.24) is 10.2 Å². The summed E-state index contributed by atoms with van der Waals surface area (Å²) >= 11 is 0. The predicted octanol–water partition coefficient (Wildman–Crippen LogP) is 3.43. The van der Waals surface area contributed by atoms with Crippen molar-refractivity contribution in [2.45, 2.75) is 26.2 Å². The van der Waals surface area contributed by atoms with Gasteiger partial charge in [-0.15, -0.1) is 0 Å². The molecule has 0 aromatic heterocycles. The second-order valence-corrected chi connectivity index (χ2v) is 7.28. The van der Waals surface area contributed by atoms with Crippen LogP contribution in [-0.4, -0.2) is 47.4 Å². The van der Waals surface area contributed by atoms with Gasteiger partial charge in [-0.25, -0.2) is 4.79 Å². The molecule has 3 rings (SSSR count). The van der Waals surface area contributed by atoms with Crippen molar-refractivity contribution in [1.29, 1.82) is 0 Å². The van der Waals surface area contributed by atoms with Crippen molar-refractivity contribution in [3.63, 3.8) is 0 Å². The van der Waals surface area contributed by atoms with Crippen LogP contribution in [0.3, 0.4) is 0 Å². The zero-order chi connectivity index (χ0) is 20.8. The first-order valence-electron chi connectivity index (χ1n) is 10.0. The van der Waals surface area contributed by atoms with Gasteiger partial charge in [0.05, 0.1) is 11.5 Å². The zero-order valence-corrected chi connectivity index (χ0v) is 16.6. The third kappa shape index (κ3) is 4.65. The molecule has 0 spiro atoms. The number of nitrogens with zero attached hydrogens (tertiary/aromatic N) is 1. The Bertz CT molecular complexity index is 909. The summed E-state index contributed by atoms with van der Waals surface area (Å²) in [6.45, 7) is 3.61. The minimum atomic E-state index is -1.03. The number of carboxylic acid groups (broad SMARTS) is 1. The normalized spacial score (nSPS) is 16.3. The van der Waals surface area contributed by atoms with E-state index >= 15 is 0 Å². The SMILES string of the molecule is CCCNC(=O)C1CCCN(C(=O)c2ccccc2-c2ccccc2C(=O)O)C1. The smallest absolute Gasteiger partial charge is 0.336 e. The van der Waals surface area contributed by atoms with Gasteiger partial charge >= 0.3 is 5.97 Å². The van der Waals surface area contributed by atoms with E-state index < -0.39 is 5.97 Å². The van der Waals surface area contributed by atoms with Crippen LogP contribution in [0.5, 0.6) is 0 Å². The van der Waals surface area contributed by atoms with Crippen molar-refractivity contribution >= 4 is 17.8 Å². The Morgan fingerprint density at radius 3 is 2.31 bits per heavy atom. The fraction of sp³-hybridized carbons (Fsp3) is 0.348. The Kier molecular flexibility index (Phi) is 6.65. The van der Waals surface area contributed by atoms with E-state index in [1.807, 2.05) is 6.92 Å². The summed E-state index contributed by atoms with van der Waals surface area (Å²) in [5, 5.41) is 12.4. The maximum Gasteiger partial charge on any atom is 0.336 e. The molecule has 0 aliphatic carbocycles. The lowest BCUT2D eigenvalue weighted by molar-refractivity contribution is -0.126. The molecule has 1 fully saturated rings. The van der Waals surface area contributed by atoms with Crippen LogP contribution in [0.2, 0.25) is 0 Å². The van der Waals surface area contributed by atoms with Crippen LogP contribution in [0.25, 0.3) is 11.1 Å². The number of carbonyl (C=O) groups excluding carboxylic acids is 2. The predicted molar refractivity (Wildman–Crippen MR) is 111 cm³/mol. The molecule has 152 valence electrons. The number of benzene rings is 2. The molecule has 1 aliphatic heterocycles. The lowest BCUT2D eigenvalue weighted by Crippen LogP contribution is -2.45. The Balaban J connectivity index is 1.88. The monoisotopic (exact) mass is 394 g/mol. The van der Waals surface area contributed by atoms with E-state index in [0.717, 1.165) is 19.3 Å². The molecule has 6 nitrogen and oxygen atoms in total. The van der Waals surface area contributed by atoms with Gasteiger partial charge in [0.2, 0.25) is 5.91 Å². The van der Waals surface area contributed by atoms with E-state index in [1.165, 1.54) is 6.07 Å². The summed E-state index contributed by atoms with van der Waals surface area (Å²) in [7, 11) is 0. The molecule has 0 saturated carbocycles. The topological polar surface area (TPSA) is 86.7 Å². The fourth-order valence-electron chi connectivity index (χ4n) is 3.75. The molecule has 29 heavy (non-hydrogen) atoms. The van der Waals surface area contributed by atoms with Gasteiger partial charge in [0.1, 0.15) is 0 Å². The van der Waals surface area contributed by atoms with E-state index in [4.69, 9.17) is 0 Å². The maximum atomic E-state index is 13.3.